The summed E-state index contributed by atoms with van der Waals surface area (Å²) in [5.74, 6) is 0. The fourth-order valence-corrected chi connectivity index (χ4v) is 0.990. The Balaban J connectivity index is 0. The fourth-order valence-electron chi connectivity index (χ4n) is 0.615. The third kappa shape index (κ3) is 8.64. The monoisotopic (exact) mass is 216 g/mol. The maximum atomic E-state index is 10.6. The van der Waals surface area contributed by atoms with Gasteiger partial charge in [-0.15, -0.1) is 0 Å². The molecule has 4 nitrogen and oxygen atoms in total. The van der Waals surface area contributed by atoms with E-state index >= 15 is 0 Å². The molecule has 0 unspecified atom stereocenters. The Bertz CT molecular complexity index is 268. The van der Waals surface area contributed by atoms with Crippen molar-refractivity contribution in [2.75, 3.05) is 0 Å². The number of rotatable bonds is 4. The topological polar surface area (TPSA) is 71.4 Å². The zero-order valence-corrected chi connectivity index (χ0v) is 7.67. The molecule has 0 saturated heterocycles. The molecule has 13 heavy (non-hydrogen) atoms. The first-order valence-corrected chi connectivity index (χ1v) is 5.07. The van der Waals surface area contributed by atoms with Gasteiger partial charge in [-0.3, -0.25) is 9.35 Å². The van der Waals surface area contributed by atoms with Crippen LogP contribution in [0.4, 0.5) is 0 Å². The average molecular weight is 216 g/mol. The molecule has 0 radical (unpaired) electrons. The van der Waals surface area contributed by atoms with Gasteiger partial charge in [0.2, 0.25) is 0 Å². The van der Waals surface area contributed by atoms with Gasteiger partial charge in [0.15, 0.2) is 0 Å². The van der Waals surface area contributed by atoms with E-state index in [1.54, 1.807) is 6.08 Å². The number of carbonyl (C=O) groups excluding carboxylic acids is 1. The van der Waals surface area contributed by atoms with Crippen molar-refractivity contribution >= 4 is 44.8 Å². The molecular weight excluding hydrogens is 203 g/mol. The van der Waals surface area contributed by atoms with Crippen LogP contribution >= 0.6 is 0 Å². The molecule has 6 heteroatoms. The summed E-state index contributed by atoms with van der Waals surface area (Å²) in [6.07, 6.45) is 4.59. The van der Waals surface area contributed by atoms with Crippen LogP contribution in [0.5, 0.6) is 0 Å². The number of hydrogen-bond acceptors (Lipinski definition) is 3. The zero-order valence-electron chi connectivity index (χ0n) is 6.86. The molecule has 0 fully saturated rings. The number of hydrogen-bond donors (Lipinski definition) is 1. The van der Waals surface area contributed by atoms with Crippen molar-refractivity contribution in [3.05, 3.63) is 12.2 Å². The molecule has 0 atom stereocenters. The van der Waals surface area contributed by atoms with Crippen LogP contribution in [0.25, 0.3) is 0 Å². The van der Waals surface area contributed by atoms with Gasteiger partial charge in [-0.2, -0.15) is 8.42 Å². The van der Waals surface area contributed by atoms with Crippen molar-refractivity contribution in [1.82, 2.24) is 0 Å². The molecule has 0 aromatic carbocycles. The third-order valence-electron chi connectivity index (χ3n) is 1.21. The van der Waals surface area contributed by atoms with Crippen LogP contribution in [0.1, 0.15) is 26.2 Å². The first-order valence-electron chi connectivity index (χ1n) is 3.63. The van der Waals surface area contributed by atoms with Crippen molar-refractivity contribution in [2.45, 2.75) is 26.2 Å². The van der Waals surface area contributed by atoms with Crippen molar-refractivity contribution in [3.63, 3.8) is 0 Å². The Kier molecular flexibility index (Phi) is 9.34. The van der Waals surface area contributed by atoms with E-state index in [1.807, 2.05) is 13.0 Å². The van der Waals surface area contributed by atoms with Gasteiger partial charge in [0, 0.05) is 6.42 Å². The summed E-state index contributed by atoms with van der Waals surface area (Å²) in [5.41, 5.74) is 0. The predicted octanol–water partition coefficient (Wildman–Crippen LogP) is 0.499. The SMILES string of the molecule is CCC=CCCC(=O)S(=O)(=O)O.[NaH]. The van der Waals surface area contributed by atoms with Crippen LogP contribution < -0.4 is 0 Å². The minimum atomic E-state index is -4.46. The van der Waals surface area contributed by atoms with E-state index in [1.165, 1.54) is 0 Å². The Morgan fingerprint density at radius 1 is 1.38 bits per heavy atom. The normalized spacial score (nSPS) is 11.2. The van der Waals surface area contributed by atoms with Gasteiger partial charge in [0.1, 0.15) is 0 Å². The van der Waals surface area contributed by atoms with Crippen LogP contribution in [0.15, 0.2) is 12.2 Å². The van der Waals surface area contributed by atoms with E-state index < -0.39 is 15.2 Å². The summed E-state index contributed by atoms with van der Waals surface area (Å²) in [6, 6.07) is 0. The Hall–Kier alpha value is 0.320. The standard InChI is InChI=1S/C7H12O4S.Na.H/c1-2-3-4-5-6-7(8)12(9,10)11;;/h3-4H,2,5-6H2,1H3,(H,9,10,11);;. The second kappa shape index (κ2) is 7.70. The van der Waals surface area contributed by atoms with Crippen LogP contribution in [0.3, 0.4) is 0 Å². The zero-order chi connectivity index (χ0) is 9.61. The molecule has 0 saturated carbocycles. The van der Waals surface area contributed by atoms with Crippen LogP contribution in [0, 0.1) is 0 Å². The molecule has 1 N–H and O–H groups in total. The molecule has 0 heterocycles. The molecule has 0 spiro atoms. The molecule has 0 aromatic rings. The van der Waals surface area contributed by atoms with E-state index in [0.717, 1.165) is 6.42 Å². The molecule has 0 bridgehead atoms. The van der Waals surface area contributed by atoms with E-state index in [4.69, 9.17) is 4.55 Å². The molecule has 0 amide bonds. The second-order valence-corrected chi connectivity index (χ2v) is 3.67. The first-order chi connectivity index (χ1) is 5.48. The number of carbonyl (C=O) groups is 1. The second-order valence-electron chi connectivity index (χ2n) is 2.27. The minimum absolute atomic E-state index is 0. The molecule has 0 aliphatic heterocycles. The molecule has 0 aliphatic rings. The number of allylic oxidation sites excluding steroid dienone is 2. The third-order valence-corrected chi connectivity index (χ3v) is 1.98. The van der Waals surface area contributed by atoms with E-state index in [-0.39, 0.29) is 36.0 Å². The van der Waals surface area contributed by atoms with Gasteiger partial charge >= 0.3 is 39.7 Å². The van der Waals surface area contributed by atoms with E-state index in [9.17, 15) is 13.2 Å². The molecule has 0 aromatic heterocycles. The van der Waals surface area contributed by atoms with Gasteiger partial charge in [-0.05, 0) is 12.8 Å². The van der Waals surface area contributed by atoms with Crippen LogP contribution in [-0.4, -0.2) is 47.6 Å². The Morgan fingerprint density at radius 2 is 1.92 bits per heavy atom. The quantitative estimate of drug-likeness (QED) is 0.422. The van der Waals surface area contributed by atoms with Crippen molar-refractivity contribution in [1.29, 1.82) is 0 Å². The molecule has 0 rings (SSSR count). The molecular formula is C7H13NaO4S. The summed E-state index contributed by atoms with van der Waals surface area (Å²) < 4.78 is 28.6. The van der Waals surface area contributed by atoms with Crippen molar-refractivity contribution in [2.24, 2.45) is 0 Å². The van der Waals surface area contributed by atoms with E-state index in [2.05, 4.69) is 0 Å². The summed E-state index contributed by atoms with van der Waals surface area (Å²) in [7, 11) is -4.46. The Labute approximate surface area is 100 Å². The van der Waals surface area contributed by atoms with Gasteiger partial charge in [-0.1, -0.05) is 19.1 Å². The fraction of sp³-hybridized carbons (Fsp3) is 0.571. The van der Waals surface area contributed by atoms with Gasteiger partial charge < -0.3 is 0 Å². The van der Waals surface area contributed by atoms with Crippen LogP contribution in [-0.2, 0) is 14.9 Å². The van der Waals surface area contributed by atoms with Crippen molar-refractivity contribution < 1.29 is 17.8 Å². The molecule has 0 aliphatic carbocycles. The summed E-state index contributed by atoms with van der Waals surface area (Å²) in [5, 5.41) is -1.12. The average Bonchev–Trinajstić information content (AvgIpc) is 1.96. The first kappa shape index (κ1) is 15.8. The van der Waals surface area contributed by atoms with Gasteiger partial charge in [-0.25, -0.2) is 0 Å². The maximum absolute atomic E-state index is 10.6. The molecule has 72 valence electrons. The van der Waals surface area contributed by atoms with E-state index in [0.29, 0.717) is 6.42 Å². The summed E-state index contributed by atoms with van der Waals surface area (Å²) in [4.78, 5) is 10.6. The summed E-state index contributed by atoms with van der Waals surface area (Å²) >= 11 is 0. The summed E-state index contributed by atoms with van der Waals surface area (Å²) in [6.45, 7) is 1.93. The predicted molar refractivity (Wildman–Crippen MR) is 52.4 cm³/mol. The van der Waals surface area contributed by atoms with Crippen LogP contribution in [0.2, 0.25) is 0 Å². The van der Waals surface area contributed by atoms with Gasteiger partial charge in [0.25, 0.3) is 5.12 Å². The van der Waals surface area contributed by atoms with Crippen molar-refractivity contribution in [3.8, 4) is 0 Å². The van der Waals surface area contributed by atoms with Gasteiger partial charge in [0.05, 0.1) is 0 Å². The Morgan fingerprint density at radius 3 is 2.31 bits per heavy atom.